The second-order valence-corrected chi connectivity index (χ2v) is 6.81. The molecule has 1 amide bonds. The molecule has 1 aromatic rings. The molecule has 4 heteroatoms. The van der Waals surface area contributed by atoms with Crippen LogP contribution in [0.25, 0.3) is 0 Å². The largest absolute Gasteiger partial charge is 0.481 e. The minimum Gasteiger partial charge on any atom is -0.481 e. The summed E-state index contributed by atoms with van der Waals surface area (Å²) in [5.41, 5.74) is 1.27. The number of hydrogen-bond acceptors (Lipinski definition) is 3. The summed E-state index contributed by atoms with van der Waals surface area (Å²) >= 11 is 0. The molecule has 21 heavy (non-hydrogen) atoms. The van der Waals surface area contributed by atoms with E-state index in [4.69, 9.17) is 4.74 Å². The van der Waals surface area contributed by atoms with Gasteiger partial charge in [0.2, 0.25) is 0 Å². The molecule has 1 unspecified atom stereocenters. The summed E-state index contributed by atoms with van der Waals surface area (Å²) in [6, 6.07) is 7.97. The third-order valence-electron chi connectivity index (χ3n) is 3.81. The van der Waals surface area contributed by atoms with Gasteiger partial charge in [-0.1, -0.05) is 32.9 Å². The highest BCUT2D eigenvalue weighted by molar-refractivity contribution is 5.80. The molecule has 1 heterocycles. The van der Waals surface area contributed by atoms with Crippen LogP contribution in [0.2, 0.25) is 0 Å². The van der Waals surface area contributed by atoms with Crippen molar-refractivity contribution in [2.45, 2.75) is 39.2 Å². The molecule has 1 aliphatic rings. The fourth-order valence-electron chi connectivity index (χ4n) is 2.18. The summed E-state index contributed by atoms with van der Waals surface area (Å²) in [4.78, 5) is 12.0. The first-order valence-corrected chi connectivity index (χ1v) is 7.62. The van der Waals surface area contributed by atoms with Crippen LogP contribution >= 0.6 is 0 Å². The van der Waals surface area contributed by atoms with E-state index in [0.29, 0.717) is 5.92 Å². The first-order chi connectivity index (χ1) is 9.86. The normalized spacial score (nSPS) is 17.0. The van der Waals surface area contributed by atoms with Crippen LogP contribution in [0.4, 0.5) is 0 Å². The smallest absolute Gasteiger partial charge is 0.260 e. The Balaban J connectivity index is 1.89. The van der Waals surface area contributed by atoms with Gasteiger partial charge in [-0.25, -0.2) is 0 Å². The van der Waals surface area contributed by atoms with Crippen molar-refractivity contribution in [1.82, 2.24) is 10.6 Å². The maximum Gasteiger partial charge on any atom is 0.260 e. The van der Waals surface area contributed by atoms with Crippen LogP contribution in [0.3, 0.4) is 0 Å². The summed E-state index contributed by atoms with van der Waals surface area (Å²) < 4.78 is 5.77. The predicted molar refractivity (Wildman–Crippen MR) is 84.6 cm³/mol. The van der Waals surface area contributed by atoms with E-state index in [-0.39, 0.29) is 11.3 Å². The van der Waals surface area contributed by atoms with E-state index in [1.807, 2.05) is 18.2 Å². The van der Waals surface area contributed by atoms with Crippen LogP contribution in [-0.2, 0) is 10.2 Å². The molecule has 0 saturated carbocycles. The van der Waals surface area contributed by atoms with E-state index in [1.165, 1.54) is 5.56 Å². The molecule has 116 valence electrons. The van der Waals surface area contributed by atoms with Crippen LogP contribution in [0.1, 0.15) is 33.3 Å². The molecule has 0 bridgehead atoms. The maximum atomic E-state index is 12.0. The Morgan fingerprint density at radius 1 is 1.43 bits per heavy atom. The van der Waals surface area contributed by atoms with Gasteiger partial charge >= 0.3 is 0 Å². The fraction of sp³-hybridized carbons (Fsp3) is 0.588. The number of benzene rings is 1. The minimum absolute atomic E-state index is 0.0527. The molecule has 2 N–H and O–H groups in total. The molecular weight excluding hydrogens is 264 g/mol. The summed E-state index contributed by atoms with van der Waals surface area (Å²) in [5, 5.41) is 6.14. The number of ether oxygens (including phenoxy) is 1. The van der Waals surface area contributed by atoms with Crippen LogP contribution in [0.5, 0.6) is 5.75 Å². The van der Waals surface area contributed by atoms with Gasteiger partial charge in [-0.2, -0.15) is 0 Å². The monoisotopic (exact) mass is 290 g/mol. The van der Waals surface area contributed by atoms with Crippen LogP contribution < -0.4 is 15.4 Å². The van der Waals surface area contributed by atoms with Crippen molar-refractivity contribution < 1.29 is 9.53 Å². The van der Waals surface area contributed by atoms with E-state index in [1.54, 1.807) is 6.92 Å². The molecule has 1 aliphatic heterocycles. The van der Waals surface area contributed by atoms with Gasteiger partial charge in [0.15, 0.2) is 6.10 Å². The van der Waals surface area contributed by atoms with Gasteiger partial charge in [-0.3, -0.25) is 4.79 Å². The highest BCUT2D eigenvalue weighted by Gasteiger charge is 2.21. The molecule has 0 aromatic heterocycles. The van der Waals surface area contributed by atoms with Crippen molar-refractivity contribution in [2.24, 2.45) is 5.92 Å². The van der Waals surface area contributed by atoms with E-state index in [0.717, 1.165) is 25.4 Å². The van der Waals surface area contributed by atoms with Gasteiger partial charge in [-0.15, -0.1) is 0 Å². The molecule has 2 rings (SSSR count). The van der Waals surface area contributed by atoms with Crippen LogP contribution in [0, 0.1) is 5.92 Å². The minimum atomic E-state index is -0.478. The van der Waals surface area contributed by atoms with Gasteiger partial charge in [0.1, 0.15) is 5.75 Å². The third-order valence-corrected chi connectivity index (χ3v) is 3.81. The lowest BCUT2D eigenvalue weighted by molar-refractivity contribution is -0.127. The molecule has 1 fully saturated rings. The number of nitrogens with one attached hydrogen (secondary N) is 2. The molecule has 1 aromatic carbocycles. The van der Waals surface area contributed by atoms with Crippen molar-refractivity contribution in [2.75, 3.05) is 19.6 Å². The predicted octanol–water partition coefficient (Wildman–Crippen LogP) is 2.09. The zero-order chi connectivity index (χ0) is 15.5. The summed E-state index contributed by atoms with van der Waals surface area (Å²) in [6.45, 7) is 11.0. The second-order valence-electron chi connectivity index (χ2n) is 6.81. The maximum absolute atomic E-state index is 12.0. The Morgan fingerprint density at radius 2 is 2.14 bits per heavy atom. The molecule has 1 atom stereocenters. The van der Waals surface area contributed by atoms with Gasteiger partial charge < -0.3 is 15.4 Å². The number of rotatable bonds is 5. The average Bonchev–Trinajstić information content (AvgIpc) is 2.36. The lowest BCUT2D eigenvalue weighted by Gasteiger charge is -2.27. The van der Waals surface area contributed by atoms with Crippen molar-refractivity contribution in [3.63, 3.8) is 0 Å². The van der Waals surface area contributed by atoms with E-state index >= 15 is 0 Å². The quantitative estimate of drug-likeness (QED) is 0.873. The standard InChI is InChI=1S/C17H26N2O2/c1-12(16(20)19-11-13-9-18-10-13)21-15-7-5-6-14(8-15)17(2,3)4/h5-8,12-13,18H,9-11H2,1-4H3,(H,19,20). The average molecular weight is 290 g/mol. The SMILES string of the molecule is CC(Oc1cccc(C(C)(C)C)c1)C(=O)NCC1CNC1. The third kappa shape index (κ3) is 4.46. The van der Waals surface area contributed by atoms with E-state index < -0.39 is 6.10 Å². The lowest BCUT2D eigenvalue weighted by Crippen LogP contribution is -2.49. The zero-order valence-corrected chi connectivity index (χ0v) is 13.4. The first-order valence-electron chi connectivity index (χ1n) is 7.62. The van der Waals surface area contributed by atoms with Gasteiger partial charge in [0.25, 0.3) is 5.91 Å². The number of amides is 1. The van der Waals surface area contributed by atoms with Crippen LogP contribution in [0.15, 0.2) is 24.3 Å². The lowest BCUT2D eigenvalue weighted by atomic mass is 9.87. The molecule has 0 spiro atoms. The Hall–Kier alpha value is -1.55. The highest BCUT2D eigenvalue weighted by atomic mass is 16.5. The van der Waals surface area contributed by atoms with Crippen molar-refractivity contribution in [3.8, 4) is 5.75 Å². The first kappa shape index (κ1) is 15.8. The van der Waals surface area contributed by atoms with Crippen molar-refractivity contribution >= 4 is 5.91 Å². The Labute approximate surface area is 127 Å². The fourth-order valence-corrected chi connectivity index (χ4v) is 2.18. The zero-order valence-electron chi connectivity index (χ0n) is 13.4. The number of carbonyl (C=O) groups excluding carboxylic acids is 1. The Bertz CT molecular complexity index is 490. The van der Waals surface area contributed by atoms with Gasteiger partial charge in [-0.05, 0) is 30.0 Å². The summed E-state index contributed by atoms with van der Waals surface area (Å²) in [6.07, 6.45) is -0.478. The van der Waals surface area contributed by atoms with E-state index in [9.17, 15) is 4.79 Å². The highest BCUT2D eigenvalue weighted by Crippen LogP contribution is 2.26. The van der Waals surface area contributed by atoms with Crippen molar-refractivity contribution in [1.29, 1.82) is 0 Å². The summed E-state index contributed by atoms with van der Waals surface area (Å²) in [5.74, 6) is 1.25. The molecule has 0 aliphatic carbocycles. The number of carbonyl (C=O) groups is 1. The molecular formula is C17H26N2O2. The topological polar surface area (TPSA) is 50.4 Å². The molecule has 4 nitrogen and oxygen atoms in total. The summed E-state index contributed by atoms with van der Waals surface area (Å²) in [7, 11) is 0. The van der Waals surface area contributed by atoms with Crippen LogP contribution in [-0.4, -0.2) is 31.6 Å². The van der Waals surface area contributed by atoms with Gasteiger partial charge in [0.05, 0.1) is 0 Å². The van der Waals surface area contributed by atoms with Crippen molar-refractivity contribution in [3.05, 3.63) is 29.8 Å². The Morgan fingerprint density at radius 3 is 2.71 bits per heavy atom. The Kier molecular flexibility index (Phi) is 4.88. The number of hydrogen-bond donors (Lipinski definition) is 2. The molecule has 1 saturated heterocycles. The second kappa shape index (κ2) is 6.48. The van der Waals surface area contributed by atoms with E-state index in [2.05, 4.69) is 37.5 Å². The molecule has 0 radical (unpaired) electrons. The van der Waals surface area contributed by atoms with Gasteiger partial charge in [0, 0.05) is 25.6 Å².